The zero-order chi connectivity index (χ0) is 20.3. The van der Waals surface area contributed by atoms with Crippen LogP contribution in [-0.2, 0) is 9.36 Å². The molecular formula is C21H34O4P+. The highest BCUT2D eigenvalue weighted by Crippen LogP contribution is 2.31. The second kappa shape index (κ2) is 12.0. The molecule has 0 aromatic heterocycles. The van der Waals surface area contributed by atoms with Crippen molar-refractivity contribution in [3.63, 3.8) is 0 Å². The molecule has 1 N–H and O–H groups in total. The standard InChI is InChI=1S/C21H32O3.H2OP/c1-6-7-11-21(5,20(23)24)12-9-8-10-18(22)19-16(3)13-15(2)14-17(19)4;1-2/h13-14H,6-12H2,1-5H3,(H,23,24);2H2/q;+1. The van der Waals surface area contributed by atoms with E-state index in [1.807, 2.05) is 39.8 Å². The first kappa shape index (κ1) is 24.5. The average Bonchev–Trinajstić information content (AvgIpc) is 2.57. The van der Waals surface area contributed by atoms with Crippen LogP contribution in [0.3, 0.4) is 0 Å². The number of unbranched alkanes of at least 4 members (excludes halogenated alkanes) is 2. The van der Waals surface area contributed by atoms with E-state index in [0.717, 1.165) is 42.4 Å². The predicted octanol–water partition coefficient (Wildman–Crippen LogP) is 5.84. The second-order valence-corrected chi connectivity index (χ2v) is 7.37. The van der Waals surface area contributed by atoms with Gasteiger partial charge in [-0.2, -0.15) is 0 Å². The Labute approximate surface area is 160 Å². The number of benzene rings is 1. The van der Waals surface area contributed by atoms with Crippen LogP contribution >= 0.6 is 9.12 Å². The van der Waals surface area contributed by atoms with Gasteiger partial charge >= 0.3 is 15.1 Å². The molecule has 1 rings (SSSR count). The zero-order valence-corrected chi connectivity index (χ0v) is 18.0. The van der Waals surface area contributed by atoms with Gasteiger partial charge in [0.25, 0.3) is 0 Å². The summed E-state index contributed by atoms with van der Waals surface area (Å²) < 4.78 is 8.17. The summed E-state index contributed by atoms with van der Waals surface area (Å²) in [6.45, 7) is 9.92. The van der Waals surface area contributed by atoms with Crippen LogP contribution in [0, 0.1) is 26.2 Å². The number of carboxylic acid groups (broad SMARTS) is 1. The fourth-order valence-electron chi connectivity index (χ4n) is 3.45. The fraction of sp³-hybridized carbons (Fsp3) is 0.619. The van der Waals surface area contributed by atoms with Crippen molar-refractivity contribution in [3.8, 4) is 0 Å². The molecule has 26 heavy (non-hydrogen) atoms. The first-order chi connectivity index (χ1) is 12.2. The summed E-state index contributed by atoms with van der Waals surface area (Å²) >= 11 is 0. The van der Waals surface area contributed by atoms with Crippen molar-refractivity contribution in [2.75, 3.05) is 0 Å². The third kappa shape index (κ3) is 7.37. The molecule has 0 aliphatic heterocycles. The van der Waals surface area contributed by atoms with Gasteiger partial charge in [0.15, 0.2) is 5.78 Å². The van der Waals surface area contributed by atoms with E-state index in [9.17, 15) is 14.7 Å². The fourth-order valence-corrected chi connectivity index (χ4v) is 3.45. The molecule has 0 radical (unpaired) electrons. The lowest BCUT2D eigenvalue weighted by molar-refractivity contribution is -0.149. The number of hydrogen-bond acceptors (Lipinski definition) is 3. The van der Waals surface area contributed by atoms with Gasteiger partial charge < -0.3 is 5.11 Å². The number of ketones is 1. The Kier molecular flexibility index (Phi) is 11.2. The Balaban J connectivity index is 0.00000301. The van der Waals surface area contributed by atoms with E-state index < -0.39 is 11.4 Å². The first-order valence-corrected chi connectivity index (χ1v) is 9.76. The predicted molar refractivity (Wildman–Crippen MR) is 109 cm³/mol. The van der Waals surface area contributed by atoms with Crippen LogP contribution in [0.1, 0.15) is 85.8 Å². The summed E-state index contributed by atoms with van der Waals surface area (Å²) in [5, 5.41) is 9.48. The maximum atomic E-state index is 12.5. The Morgan fingerprint density at radius 2 is 1.50 bits per heavy atom. The van der Waals surface area contributed by atoms with Gasteiger partial charge in [-0.1, -0.05) is 48.4 Å². The molecule has 2 unspecified atom stereocenters. The van der Waals surface area contributed by atoms with Crippen molar-refractivity contribution in [3.05, 3.63) is 34.4 Å². The normalized spacial score (nSPS) is 12.7. The van der Waals surface area contributed by atoms with E-state index in [1.165, 1.54) is 14.7 Å². The number of carbonyl (C=O) groups is 2. The Morgan fingerprint density at radius 3 is 1.96 bits per heavy atom. The van der Waals surface area contributed by atoms with E-state index in [2.05, 4.69) is 6.92 Å². The van der Waals surface area contributed by atoms with Gasteiger partial charge in [-0.25, -0.2) is 0 Å². The van der Waals surface area contributed by atoms with Gasteiger partial charge in [-0.3, -0.25) is 9.59 Å². The van der Waals surface area contributed by atoms with Crippen molar-refractivity contribution in [2.45, 2.75) is 79.6 Å². The van der Waals surface area contributed by atoms with Crippen molar-refractivity contribution in [1.82, 2.24) is 0 Å². The van der Waals surface area contributed by atoms with Crippen LogP contribution in [0.25, 0.3) is 0 Å². The quantitative estimate of drug-likeness (QED) is 0.314. The molecule has 0 spiro atoms. The number of Topliss-reactive ketones (excluding diaryl/α,β-unsaturated/α-hetero) is 1. The van der Waals surface area contributed by atoms with Gasteiger partial charge in [-0.15, -0.1) is 0 Å². The Hall–Kier alpha value is -1.54. The minimum Gasteiger partial charge on any atom is -0.481 e. The molecule has 5 heteroatoms. The zero-order valence-electron chi connectivity index (χ0n) is 16.9. The molecule has 146 valence electrons. The lowest BCUT2D eigenvalue weighted by atomic mass is 9.80. The smallest absolute Gasteiger partial charge is 0.310 e. The molecule has 1 aromatic rings. The van der Waals surface area contributed by atoms with E-state index in [-0.39, 0.29) is 5.78 Å². The van der Waals surface area contributed by atoms with Crippen LogP contribution in [0.4, 0.5) is 0 Å². The lowest BCUT2D eigenvalue weighted by Crippen LogP contribution is -2.27. The highest BCUT2D eigenvalue weighted by Gasteiger charge is 2.31. The Bertz CT molecular complexity index is 589. The molecule has 0 bridgehead atoms. The van der Waals surface area contributed by atoms with Crippen LogP contribution in [0.15, 0.2) is 12.1 Å². The van der Waals surface area contributed by atoms with Crippen LogP contribution < -0.4 is 0 Å². The van der Waals surface area contributed by atoms with Gasteiger partial charge in [-0.05, 0) is 58.1 Å². The largest absolute Gasteiger partial charge is 0.481 e. The van der Waals surface area contributed by atoms with Crippen LogP contribution in [-0.4, -0.2) is 16.9 Å². The van der Waals surface area contributed by atoms with Crippen LogP contribution in [0.5, 0.6) is 0 Å². The second-order valence-electron chi connectivity index (χ2n) is 7.37. The number of rotatable bonds is 10. The number of aryl methyl sites for hydroxylation is 3. The molecule has 0 aliphatic rings. The maximum Gasteiger partial charge on any atom is 0.310 e. The third-order valence-corrected chi connectivity index (χ3v) is 4.94. The molecule has 4 nitrogen and oxygen atoms in total. The number of carbonyl (C=O) groups excluding carboxylic acids is 1. The number of carboxylic acids is 1. The van der Waals surface area contributed by atoms with Crippen molar-refractivity contribution < 1.29 is 19.3 Å². The molecule has 0 fully saturated rings. The SMILES string of the molecule is CCCCC(C)(CCCCC(=O)c1c(C)cc(C)cc1C)C(=O)O.O=[PH2+]. The summed E-state index contributed by atoms with van der Waals surface area (Å²) in [6, 6.07) is 4.10. The Morgan fingerprint density at radius 1 is 1.00 bits per heavy atom. The lowest BCUT2D eigenvalue weighted by Gasteiger charge is -2.24. The maximum absolute atomic E-state index is 12.5. The molecule has 0 saturated heterocycles. The van der Waals surface area contributed by atoms with Crippen molar-refractivity contribution in [1.29, 1.82) is 0 Å². The molecule has 0 saturated carbocycles. The highest BCUT2D eigenvalue weighted by molar-refractivity contribution is 7.00. The first-order valence-electron chi connectivity index (χ1n) is 9.29. The van der Waals surface area contributed by atoms with E-state index >= 15 is 0 Å². The van der Waals surface area contributed by atoms with Crippen molar-refractivity contribution in [2.24, 2.45) is 5.41 Å². The van der Waals surface area contributed by atoms with Crippen molar-refractivity contribution >= 4 is 20.9 Å². The average molecular weight is 381 g/mol. The summed E-state index contributed by atoms with van der Waals surface area (Å²) in [4.78, 5) is 24.0. The molecule has 0 amide bonds. The highest BCUT2D eigenvalue weighted by atomic mass is 31.0. The monoisotopic (exact) mass is 381 g/mol. The topological polar surface area (TPSA) is 71.4 Å². The molecule has 1 aromatic carbocycles. The van der Waals surface area contributed by atoms with Crippen LogP contribution in [0.2, 0.25) is 0 Å². The number of aliphatic carboxylic acids is 1. The molecule has 2 atom stereocenters. The van der Waals surface area contributed by atoms with Gasteiger partial charge in [0, 0.05) is 12.0 Å². The van der Waals surface area contributed by atoms with Gasteiger partial charge in [0.1, 0.15) is 0 Å². The van der Waals surface area contributed by atoms with Gasteiger partial charge in [0.05, 0.1) is 5.41 Å². The summed E-state index contributed by atoms with van der Waals surface area (Å²) in [7, 11) is 1.17. The van der Waals surface area contributed by atoms with E-state index in [1.54, 1.807) is 0 Å². The summed E-state index contributed by atoms with van der Waals surface area (Å²) in [5.74, 6) is -0.539. The minimum atomic E-state index is -0.715. The third-order valence-electron chi connectivity index (χ3n) is 4.94. The molecule has 0 heterocycles. The minimum absolute atomic E-state index is 0.176. The van der Waals surface area contributed by atoms with Gasteiger partial charge in [0.2, 0.25) is 0 Å². The summed E-state index contributed by atoms with van der Waals surface area (Å²) in [6.07, 6.45) is 5.32. The number of hydrogen-bond donors (Lipinski definition) is 1. The molecule has 0 aliphatic carbocycles. The molecular weight excluding hydrogens is 347 g/mol. The summed E-state index contributed by atoms with van der Waals surface area (Å²) in [5.41, 5.74) is 3.43. The van der Waals surface area contributed by atoms with E-state index in [4.69, 9.17) is 4.57 Å². The van der Waals surface area contributed by atoms with E-state index in [0.29, 0.717) is 19.3 Å².